The molecule has 30 heavy (non-hydrogen) atoms. The molecule has 0 bridgehead atoms. The van der Waals surface area contributed by atoms with Crippen LogP contribution >= 0.6 is 23.1 Å². The second-order valence-corrected chi connectivity index (χ2v) is 8.91. The molecule has 0 aliphatic carbocycles. The van der Waals surface area contributed by atoms with Gasteiger partial charge in [0, 0.05) is 23.9 Å². The largest absolute Gasteiger partial charge is 0.338 e. The summed E-state index contributed by atoms with van der Waals surface area (Å²) < 4.78 is 6.20. The SMILES string of the molecule is CC(=O)Nc1cccc(Nc2nnc(S[C@H](C)c3nc(-c4ccccc4)no3)s2)c1. The number of aromatic nitrogens is 4. The van der Waals surface area contributed by atoms with Crippen LogP contribution in [0.5, 0.6) is 0 Å². The van der Waals surface area contributed by atoms with Gasteiger partial charge in [-0.05, 0) is 25.1 Å². The molecule has 2 heterocycles. The predicted molar refractivity (Wildman–Crippen MR) is 118 cm³/mol. The Morgan fingerprint density at radius 2 is 1.90 bits per heavy atom. The zero-order valence-electron chi connectivity index (χ0n) is 16.2. The first-order valence-corrected chi connectivity index (χ1v) is 10.8. The van der Waals surface area contributed by atoms with Gasteiger partial charge in [0.25, 0.3) is 0 Å². The number of amides is 1. The van der Waals surface area contributed by atoms with Crippen molar-refractivity contribution in [3.05, 3.63) is 60.5 Å². The smallest absolute Gasteiger partial charge is 0.240 e. The van der Waals surface area contributed by atoms with Gasteiger partial charge in [-0.1, -0.05) is 64.7 Å². The first-order valence-electron chi connectivity index (χ1n) is 9.11. The van der Waals surface area contributed by atoms with Gasteiger partial charge >= 0.3 is 0 Å². The van der Waals surface area contributed by atoms with Gasteiger partial charge < -0.3 is 15.2 Å². The molecule has 4 rings (SSSR count). The predicted octanol–water partition coefficient (Wildman–Crippen LogP) is 5.14. The lowest BCUT2D eigenvalue weighted by Gasteiger charge is -2.05. The molecular formula is C20H18N6O2S2. The summed E-state index contributed by atoms with van der Waals surface area (Å²) in [4.78, 5) is 15.7. The van der Waals surface area contributed by atoms with Crippen molar-refractivity contribution in [3.8, 4) is 11.4 Å². The Balaban J connectivity index is 1.40. The standard InChI is InChI=1S/C20H18N6O2S2/c1-12(18-23-17(26-28-18)14-7-4-3-5-8-14)29-20-25-24-19(30-20)22-16-10-6-9-15(11-16)21-13(2)27/h3-12H,1-2H3,(H,21,27)(H,22,24)/t12-/m1/s1. The molecule has 0 saturated heterocycles. The summed E-state index contributed by atoms with van der Waals surface area (Å²) in [5.41, 5.74) is 2.44. The minimum Gasteiger partial charge on any atom is -0.338 e. The fourth-order valence-corrected chi connectivity index (χ4v) is 4.56. The normalized spacial score (nSPS) is 11.8. The van der Waals surface area contributed by atoms with E-state index in [2.05, 4.69) is 31.0 Å². The molecule has 10 heteroatoms. The first kappa shape index (κ1) is 20.0. The number of anilines is 3. The third-order valence-electron chi connectivity index (χ3n) is 3.94. The molecule has 0 saturated carbocycles. The van der Waals surface area contributed by atoms with Crippen LogP contribution < -0.4 is 10.6 Å². The molecule has 2 aromatic carbocycles. The number of carbonyl (C=O) groups excluding carboxylic acids is 1. The van der Waals surface area contributed by atoms with Gasteiger partial charge in [-0.2, -0.15) is 4.98 Å². The van der Waals surface area contributed by atoms with Crippen molar-refractivity contribution in [3.63, 3.8) is 0 Å². The minimum absolute atomic E-state index is 0.0705. The molecule has 1 atom stereocenters. The molecule has 152 valence electrons. The van der Waals surface area contributed by atoms with Gasteiger partial charge in [-0.15, -0.1) is 10.2 Å². The molecule has 8 nitrogen and oxygen atoms in total. The molecule has 2 aromatic heterocycles. The van der Waals surface area contributed by atoms with Crippen LogP contribution in [0, 0.1) is 0 Å². The molecule has 0 fully saturated rings. The number of benzene rings is 2. The van der Waals surface area contributed by atoms with Crippen molar-refractivity contribution in [2.24, 2.45) is 0 Å². The third kappa shape index (κ3) is 5.02. The van der Waals surface area contributed by atoms with E-state index in [4.69, 9.17) is 4.52 Å². The van der Waals surface area contributed by atoms with Crippen molar-refractivity contribution < 1.29 is 9.32 Å². The topological polar surface area (TPSA) is 106 Å². The van der Waals surface area contributed by atoms with Crippen LogP contribution in [0.15, 0.2) is 63.5 Å². The van der Waals surface area contributed by atoms with E-state index in [1.54, 1.807) is 0 Å². The highest BCUT2D eigenvalue weighted by Crippen LogP contribution is 2.37. The number of rotatable bonds is 7. The van der Waals surface area contributed by atoms with Crippen LogP contribution in [0.4, 0.5) is 16.5 Å². The lowest BCUT2D eigenvalue weighted by atomic mass is 10.2. The molecule has 1 amide bonds. The summed E-state index contributed by atoms with van der Waals surface area (Å²) in [5, 5.41) is 19.0. The Hall–Kier alpha value is -3.24. The summed E-state index contributed by atoms with van der Waals surface area (Å²) in [6.45, 7) is 3.46. The quantitative estimate of drug-likeness (QED) is 0.382. The molecule has 0 spiro atoms. The Morgan fingerprint density at radius 3 is 2.70 bits per heavy atom. The first-order chi connectivity index (χ1) is 14.6. The van der Waals surface area contributed by atoms with Crippen molar-refractivity contribution in [1.29, 1.82) is 0 Å². The van der Waals surface area contributed by atoms with Crippen LogP contribution in [0.25, 0.3) is 11.4 Å². The highest BCUT2D eigenvalue weighted by molar-refractivity contribution is 8.01. The number of carbonyl (C=O) groups is 1. The van der Waals surface area contributed by atoms with Gasteiger partial charge in [0.1, 0.15) is 0 Å². The summed E-state index contributed by atoms with van der Waals surface area (Å²) in [7, 11) is 0. The van der Waals surface area contributed by atoms with E-state index >= 15 is 0 Å². The van der Waals surface area contributed by atoms with Gasteiger partial charge in [-0.3, -0.25) is 4.79 Å². The third-order valence-corrected chi connectivity index (χ3v) is 5.95. The van der Waals surface area contributed by atoms with Gasteiger partial charge in [-0.25, -0.2) is 0 Å². The summed E-state index contributed by atoms with van der Waals surface area (Å²) in [6.07, 6.45) is 0. The average Bonchev–Trinajstić information content (AvgIpc) is 3.38. The summed E-state index contributed by atoms with van der Waals surface area (Å²) in [5.74, 6) is 0.982. The molecule has 0 aliphatic rings. The Labute approximate surface area is 181 Å². The van der Waals surface area contributed by atoms with E-state index in [0.29, 0.717) is 22.5 Å². The second kappa shape index (κ2) is 9.06. The van der Waals surface area contributed by atoms with Crippen molar-refractivity contribution >= 4 is 45.5 Å². The Bertz CT molecular complexity index is 1140. The summed E-state index contributed by atoms with van der Waals surface area (Å²) >= 11 is 2.93. The minimum atomic E-state index is -0.118. The molecule has 0 radical (unpaired) electrons. The second-order valence-electron chi connectivity index (χ2n) is 6.34. The Morgan fingerprint density at radius 1 is 1.10 bits per heavy atom. The summed E-state index contributed by atoms with van der Waals surface area (Å²) in [6, 6.07) is 17.1. The maximum atomic E-state index is 11.2. The maximum Gasteiger partial charge on any atom is 0.240 e. The van der Waals surface area contributed by atoms with Gasteiger partial charge in [0.15, 0.2) is 4.34 Å². The van der Waals surface area contributed by atoms with Gasteiger partial charge in [0.05, 0.1) is 5.25 Å². The van der Waals surface area contributed by atoms with Crippen molar-refractivity contribution in [1.82, 2.24) is 20.3 Å². The monoisotopic (exact) mass is 438 g/mol. The molecule has 0 unspecified atom stereocenters. The molecule has 4 aromatic rings. The highest BCUT2D eigenvalue weighted by Gasteiger charge is 2.18. The Kier molecular flexibility index (Phi) is 6.05. The fraction of sp³-hybridized carbons (Fsp3) is 0.150. The lowest BCUT2D eigenvalue weighted by Crippen LogP contribution is -2.05. The maximum absolute atomic E-state index is 11.2. The van der Waals surface area contributed by atoms with E-state index in [-0.39, 0.29) is 11.2 Å². The van der Waals surface area contributed by atoms with Gasteiger partial charge in [0.2, 0.25) is 22.8 Å². The molecule has 2 N–H and O–H groups in total. The van der Waals surface area contributed by atoms with Crippen LogP contribution in [-0.4, -0.2) is 26.2 Å². The number of hydrogen-bond donors (Lipinski definition) is 2. The van der Waals surface area contributed by atoms with E-state index < -0.39 is 0 Å². The van der Waals surface area contributed by atoms with E-state index in [0.717, 1.165) is 15.6 Å². The van der Waals surface area contributed by atoms with Crippen molar-refractivity contribution in [2.45, 2.75) is 23.4 Å². The van der Waals surface area contributed by atoms with E-state index in [1.807, 2.05) is 61.5 Å². The molecular weight excluding hydrogens is 420 g/mol. The zero-order chi connectivity index (χ0) is 20.9. The van der Waals surface area contributed by atoms with Crippen LogP contribution in [-0.2, 0) is 4.79 Å². The fourth-order valence-electron chi connectivity index (χ4n) is 2.62. The highest BCUT2D eigenvalue weighted by atomic mass is 32.2. The average molecular weight is 439 g/mol. The van der Waals surface area contributed by atoms with E-state index in [9.17, 15) is 4.79 Å². The zero-order valence-corrected chi connectivity index (χ0v) is 17.8. The molecule has 0 aliphatic heterocycles. The van der Waals surface area contributed by atoms with Crippen LogP contribution in [0.1, 0.15) is 25.0 Å². The number of thioether (sulfide) groups is 1. The number of nitrogens with zero attached hydrogens (tertiary/aromatic N) is 4. The van der Waals surface area contributed by atoms with Crippen molar-refractivity contribution in [2.75, 3.05) is 10.6 Å². The lowest BCUT2D eigenvalue weighted by molar-refractivity contribution is -0.114. The van der Waals surface area contributed by atoms with Crippen LogP contribution in [0.2, 0.25) is 0 Å². The van der Waals surface area contributed by atoms with E-state index in [1.165, 1.54) is 30.0 Å². The van der Waals surface area contributed by atoms with Crippen LogP contribution in [0.3, 0.4) is 0 Å². The number of nitrogens with one attached hydrogen (secondary N) is 2. The number of hydrogen-bond acceptors (Lipinski definition) is 9.